The number of amides is 1. The van der Waals surface area contributed by atoms with Gasteiger partial charge in [0, 0.05) is 12.2 Å². The zero-order valence-corrected chi connectivity index (χ0v) is 13.8. The molecule has 1 aliphatic rings. The molecule has 0 unspecified atom stereocenters. The molecular formula is C19H22N2O3. The highest BCUT2D eigenvalue weighted by atomic mass is 16.5. The summed E-state index contributed by atoms with van der Waals surface area (Å²) >= 11 is 0. The highest BCUT2D eigenvalue weighted by Crippen LogP contribution is 2.26. The number of fused-ring (bicyclic) bond motifs is 1. The lowest BCUT2D eigenvalue weighted by molar-refractivity contribution is -0.119. The number of nitrogens with one attached hydrogen (secondary N) is 1. The molecule has 5 nitrogen and oxygen atoms in total. The van der Waals surface area contributed by atoms with Crippen LogP contribution in [0.25, 0.3) is 0 Å². The summed E-state index contributed by atoms with van der Waals surface area (Å²) in [5.74, 6) is 1.57. The quantitative estimate of drug-likeness (QED) is 0.793. The summed E-state index contributed by atoms with van der Waals surface area (Å²) in [4.78, 5) is 14.2. The molecule has 0 fully saturated rings. The molecule has 1 heterocycles. The number of methoxy groups -OCH3 is 1. The van der Waals surface area contributed by atoms with E-state index in [-0.39, 0.29) is 5.91 Å². The maximum Gasteiger partial charge on any atom is 0.239 e. The first-order valence-electron chi connectivity index (χ1n) is 8.12. The van der Waals surface area contributed by atoms with Crippen molar-refractivity contribution in [1.82, 2.24) is 5.32 Å². The normalized spacial score (nSPS) is 12.6. The molecule has 0 atom stereocenters. The first-order valence-corrected chi connectivity index (χ1v) is 8.12. The highest BCUT2D eigenvalue weighted by molar-refractivity contribution is 5.82. The summed E-state index contributed by atoms with van der Waals surface area (Å²) in [5, 5.41) is 2.90. The molecule has 2 aromatic rings. The van der Waals surface area contributed by atoms with Gasteiger partial charge in [0.05, 0.1) is 20.2 Å². The molecule has 2 aromatic carbocycles. The fourth-order valence-electron chi connectivity index (χ4n) is 2.83. The minimum atomic E-state index is 0.0185. The van der Waals surface area contributed by atoms with Crippen molar-refractivity contribution < 1.29 is 14.3 Å². The van der Waals surface area contributed by atoms with E-state index in [1.165, 1.54) is 11.3 Å². The van der Waals surface area contributed by atoms with E-state index in [0.29, 0.717) is 19.7 Å². The molecular weight excluding hydrogens is 304 g/mol. The predicted octanol–water partition coefficient (Wildman–Crippen LogP) is 2.25. The van der Waals surface area contributed by atoms with Crippen LogP contribution in [0.5, 0.6) is 11.5 Å². The van der Waals surface area contributed by atoms with Gasteiger partial charge in [-0.25, -0.2) is 0 Å². The molecule has 0 aliphatic carbocycles. The van der Waals surface area contributed by atoms with Crippen LogP contribution in [0.1, 0.15) is 5.56 Å². The Morgan fingerprint density at radius 1 is 1.12 bits per heavy atom. The predicted molar refractivity (Wildman–Crippen MR) is 93.9 cm³/mol. The zero-order chi connectivity index (χ0) is 16.8. The van der Waals surface area contributed by atoms with E-state index in [2.05, 4.69) is 22.3 Å². The summed E-state index contributed by atoms with van der Waals surface area (Å²) in [6.07, 6.45) is 1.00. The zero-order valence-electron chi connectivity index (χ0n) is 13.8. The number of ether oxygens (including phenoxy) is 2. The number of rotatable bonds is 7. The van der Waals surface area contributed by atoms with Crippen LogP contribution in [0.3, 0.4) is 0 Å². The molecule has 126 valence electrons. The van der Waals surface area contributed by atoms with Gasteiger partial charge in [0.15, 0.2) is 0 Å². The largest absolute Gasteiger partial charge is 0.497 e. The van der Waals surface area contributed by atoms with Gasteiger partial charge in [-0.2, -0.15) is 0 Å². The van der Waals surface area contributed by atoms with E-state index in [0.717, 1.165) is 24.5 Å². The monoisotopic (exact) mass is 326 g/mol. The van der Waals surface area contributed by atoms with Crippen molar-refractivity contribution in [1.29, 1.82) is 0 Å². The summed E-state index contributed by atoms with van der Waals surface area (Å²) in [5.41, 5.74) is 2.48. The molecule has 3 rings (SSSR count). The summed E-state index contributed by atoms with van der Waals surface area (Å²) < 4.78 is 10.7. The number of para-hydroxylation sites is 1. The van der Waals surface area contributed by atoms with Crippen molar-refractivity contribution in [2.24, 2.45) is 0 Å². The first kappa shape index (κ1) is 16.2. The van der Waals surface area contributed by atoms with Crippen LogP contribution in [0.15, 0.2) is 48.5 Å². The van der Waals surface area contributed by atoms with Crippen LogP contribution in [0.2, 0.25) is 0 Å². The van der Waals surface area contributed by atoms with Crippen molar-refractivity contribution >= 4 is 11.6 Å². The number of carbonyl (C=O) groups excluding carboxylic acids is 1. The standard InChI is InChI=1S/C19H22N2O3/c1-23-16-6-8-17(9-7-16)24-13-11-20-19(22)14-21-12-10-15-4-2-3-5-18(15)21/h2-9H,10-14H2,1H3,(H,20,22). The summed E-state index contributed by atoms with van der Waals surface area (Å²) in [6, 6.07) is 15.6. The minimum Gasteiger partial charge on any atom is -0.497 e. The smallest absolute Gasteiger partial charge is 0.239 e. The van der Waals surface area contributed by atoms with Crippen LogP contribution in [0.4, 0.5) is 5.69 Å². The minimum absolute atomic E-state index is 0.0185. The number of anilines is 1. The molecule has 1 N–H and O–H groups in total. The van der Waals surface area contributed by atoms with Crippen LogP contribution in [0, 0.1) is 0 Å². The van der Waals surface area contributed by atoms with Crippen molar-refractivity contribution in [3.05, 3.63) is 54.1 Å². The van der Waals surface area contributed by atoms with E-state index in [4.69, 9.17) is 9.47 Å². The van der Waals surface area contributed by atoms with Crippen molar-refractivity contribution in [2.45, 2.75) is 6.42 Å². The summed E-state index contributed by atoms with van der Waals surface area (Å²) in [7, 11) is 1.63. The lowest BCUT2D eigenvalue weighted by Gasteiger charge is -2.18. The molecule has 24 heavy (non-hydrogen) atoms. The van der Waals surface area contributed by atoms with Crippen LogP contribution >= 0.6 is 0 Å². The fraction of sp³-hybridized carbons (Fsp3) is 0.316. The molecule has 1 amide bonds. The Kier molecular flexibility index (Phi) is 5.21. The number of benzene rings is 2. The van der Waals surface area contributed by atoms with Gasteiger partial charge in [0.2, 0.25) is 5.91 Å². The second kappa shape index (κ2) is 7.73. The molecule has 0 bridgehead atoms. The second-order valence-corrected chi connectivity index (χ2v) is 5.67. The van der Waals surface area contributed by atoms with Gasteiger partial charge < -0.3 is 19.7 Å². The van der Waals surface area contributed by atoms with E-state index < -0.39 is 0 Å². The van der Waals surface area contributed by atoms with Gasteiger partial charge in [-0.15, -0.1) is 0 Å². The topological polar surface area (TPSA) is 50.8 Å². The highest BCUT2D eigenvalue weighted by Gasteiger charge is 2.20. The van der Waals surface area contributed by atoms with E-state index in [1.807, 2.05) is 36.4 Å². The van der Waals surface area contributed by atoms with Crippen LogP contribution < -0.4 is 19.7 Å². The first-order chi connectivity index (χ1) is 11.8. The Morgan fingerprint density at radius 3 is 2.67 bits per heavy atom. The number of nitrogens with zero attached hydrogens (tertiary/aromatic N) is 1. The molecule has 0 radical (unpaired) electrons. The van der Waals surface area contributed by atoms with Gasteiger partial charge >= 0.3 is 0 Å². The lowest BCUT2D eigenvalue weighted by Crippen LogP contribution is -2.38. The SMILES string of the molecule is COc1ccc(OCCNC(=O)CN2CCc3ccccc32)cc1. The van der Waals surface area contributed by atoms with Crippen molar-refractivity contribution in [2.75, 3.05) is 38.3 Å². The molecule has 0 saturated carbocycles. The van der Waals surface area contributed by atoms with Crippen LogP contribution in [-0.4, -0.2) is 39.3 Å². The molecule has 0 aromatic heterocycles. The Bertz CT molecular complexity index is 685. The van der Waals surface area contributed by atoms with E-state index in [9.17, 15) is 4.79 Å². The Hall–Kier alpha value is -2.69. The third kappa shape index (κ3) is 3.98. The molecule has 0 spiro atoms. The number of carbonyl (C=O) groups is 1. The average Bonchev–Trinajstić information content (AvgIpc) is 3.02. The van der Waals surface area contributed by atoms with Gasteiger partial charge in [0.1, 0.15) is 18.1 Å². The molecule has 5 heteroatoms. The van der Waals surface area contributed by atoms with Crippen molar-refractivity contribution in [3.63, 3.8) is 0 Å². The van der Waals surface area contributed by atoms with E-state index >= 15 is 0 Å². The Labute approximate surface area is 142 Å². The van der Waals surface area contributed by atoms with Gasteiger partial charge in [-0.3, -0.25) is 4.79 Å². The van der Waals surface area contributed by atoms with Crippen LogP contribution in [-0.2, 0) is 11.2 Å². The number of hydrogen-bond acceptors (Lipinski definition) is 4. The maximum atomic E-state index is 12.1. The lowest BCUT2D eigenvalue weighted by atomic mass is 10.2. The second-order valence-electron chi connectivity index (χ2n) is 5.67. The maximum absolute atomic E-state index is 12.1. The van der Waals surface area contributed by atoms with Gasteiger partial charge in [-0.05, 0) is 42.3 Å². The summed E-state index contributed by atoms with van der Waals surface area (Å²) in [6.45, 7) is 2.21. The van der Waals surface area contributed by atoms with Gasteiger partial charge in [0.25, 0.3) is 0 Å². The number of hydrogen-bond donors (Lipinski definition) is 1. The fourth-order valence-corrected chi connectivity index (χ4v) is 2.83. The van der Waals surface area contributed by atoms with Gasteiger partial charge in [-0.1, -0.05) is 18.2 Å². The third-order valence-corrected chi connectivity index (χ3v) is 4.07. The Morgan fingerprint density at radius 2 is 1.88 bits per heavy atom. The Balaban J connectivity index is 1.38. The van der Waals surface area contributed by atoms with E-state index in [1.54, 1.807) is 7.11 Å². The molecule has 0 saturated heterocycles. The van der Waals surface area contributed by atoms with Crippen molar-refractivity contribution in [3.8, 4) is 11.5 Å². The molecule has 1 aliphatic heterocycles. The third-order valence-electron chi connectivity index (χ3n) is 4.07. The average molecular weight is 326 g/mol.